The minimum Gasteiger partial charge on any atom is -0.389 e. The Labute approximate surface area is 102 Å². The van der Waals surface area contributed by atoms with Gasteiger partial charge < -0.3 is 14.7 Å². The third kappa shape index (κ3) is 7.69. The normalized spacial score (nSPS) is 12.2. The van der Waals surface area contributed by atoms with Gasteiger partial charge in [-0.2, -0.15) is 5.26 Å². The highest BCUT2D eigenvalue weighted by Gasteiger charge is 2.14. The fourth-order valence-corrected chi connectivity index (χ4v) is 1.36. The lowest BCUT2D eigenvalue weighted by atomic mass is 10.3. The second kappa shape index (κ2) is 8.93. The molecule has 0 fully saturated rings. The average Bonchev–Trinajstić information content (AvgIpc) is 2.25. The first-order chi connectivity index (χ1) is 8.01. The first kappa shape index (κ1) is 15.8. The van der Waals surface area contributed by atoms with E-state index >= 15 is 0 Å². The number of ether oxygens (including phenoxy) is 1. The summed E-state index contributed by atoms with van der Waals surface area (Å²) in [6.07, 6.45) is -0.264. The van der Waals surface area contributed by atoms with E-state index in [0.717, 1.165) is 0 Å². The van der Waals surface area contributed by atoms with Gasteiger partial charge in [0.15, 0.2) is 0 Å². The Hall–Kier alpha value is -1.16. The molecule has 0 heterocycles. The van der Waals surface area contributed by atoms with Crippen LogP contribution in [-0.4, -0.2) is 74.4 Å². The van der Waals surface area contributed by atoms with Crippen LogP contribution < -0.4 is 0 Å². The largest absolute Gasteiger partial charge is 0.389 e. The number of nitrogens with zero attached hydrogens (tertiary/aromatic N) is 3. The van der Waals surface area contributed by atoms with Crippen molar-refractivity contribution in [3.05, 3.63) is 0 Å². The predicted molar refractivity (Wildman–Crippen MR) is 63.2 cm³/mol. The average molecular weight is 243 g/mol. The quantitative estimate of drug-likeness (QED) is 0.610. The van der Waals surface area contributed by atoms with Gasteiger partial charge in [-0.3, -0.25) is 9.69 Å². The van der Waals surface area contributed by atoms with Crippen molar-refractivity contribution < 1.29 is 14.6 Å². The first-order valence-corrected chi connectivity index (χ1v) is 5.47. The van der Waals surface area contributed by atoms with E-state index < -0.39 is 6.10 Å². The van der Waals surface area contributed by atoms with Gasteiger partial charge >= 0.3 is 0 Å². The topological polar surface area (TPSA) is 76.8 Å². The second-order valence-electron chi connectivity index (χ2n) is 4.03. The highest BCUT2D eigenvalue weighted by molar-refractivity contribution is 5.77. The Morgan fingerprint density at radius 2 is 2.18 bits per heavy atom. The van der Waals surface area contributed by atoms with Gasteiger partial charge in [0.05, 0.1) is 31.7 Å². The van der Waals surface area contributed by atoms with Crippen LogP contribution in [0, 0.1) is 11.3 Å². The molecule has 0 aliphatic carbocycles. The van der Waals surface area contributed by atoms with E-state index in [1.54, 1.807) is 19.0 Å². The van der Waals surface area contributed by atoms with Crippen LogP contribution in [0.25, 0.3) is 0 Å². The van der Waals surface area contributed by atoms with E-state index in [2.05, 4.69) is 0 Å². The summed E-state index contributed by atoms with van der Waals surface area (Å²) >= 11 is 0. The van der Waals surface area contributed by atoms with Crippen LogP contribution >= 0.6 is 0 Å². The minimum absolute atomic E-state index is 0.0626. The van der Waals surface area contributed by atoms with Crippen molar-refractivity contribution in [1.82, 2.24) is 9.80 Å². The van der Waals surface area contributed by atoms with Crippen molar-refractivity contribution in [2.75, 3.05) is 47.4 Å². The molecule has 0 aromatic carbocycles. The molecule has 1 atom stereocenters. The van der Waals surface area contributed by atoms with Crippen LogP contribution in [0.5, 0.6) is 0 Å². The standard InChI is InChI=1S/C11H21N3O3/c1-13(7-10(15)9-17-3)8-11(16)14(2)6-4-5-12/h10,15H,4,6-9H2,1-3H3. The number of hydrogen-bond acceptors (Lipinski definition) is 5. The smallest absolute Gasteiger partial charge is 0.236 e. The fourth-order valence-electron chi connectivity index (χ4n) is 1.36. The van der Waals surface area contributed by atoms with Gasteiger partial charge in [0, 0.05) is 27.2 Å². The van der Waals surface area contributed by atoms with Crippen LogP contribution in [0.4, 0.5) is 0 Å². The molecule has 98 valence electrons. The fraction of sp³-hybridized carbons (Fsp3) is 0.818. The van der Waals surface area contributed by atoms with Crippen molar-refractivity contribution in [2.45, 2.75) is 12.5 Å². The zero-order valence-electron chi connectivity index (χ0n) is 10.7. The summed E-state index contributed by atoms with van der Waals surface area (Å²) in [6.45, 7) is 1.29. The van der Waals surface area contributed by atoms with E-state index in [1.165, 1.54) is 12.0 Å². The molecule has 1 unspecified atom stereocenters. The van der Waals surface area contributed by atoms with Crippen molar-refractivity contribution in [3.63, 3.8) is 0 Å². The number of rotatable bonds is 8. The van der Waals surface area contributed by atoms with Gasteiger partial charge in [0.2, 0.25) is 5.91 Å². The molecule has 0 aromatic rings. The third-order valence-electron chi connectivity index (χ3n) is 2.27. The van der Waals surface area contributed by atoms with Crippen LogP contribution in [0.2, 0.25) is 0 Å². The predicted octanol–water partition coefficient (Wildman–Crippen LogP) is -0.702. The molecular formula is C11H21N3O3. The molecule has 6 heteroatoms. The van der Waals surface area contributed by atoms with Gasteiger partial charge in [-0.1, -0.05) is 0 Å². The summed E-state index contributed by atoms with van der Waals surface area (Å²) in [6, 6.07) is 1.99. The number of hydrogen-bond donors (Lipinski definition) is 1. The lowest BCUT2D eigenvalue weighted by Gasteiger charge is -2.22. The third-order valence-corrected chi connectivity index (χ3v) is 2.27. The number of carbonyl (C=O) groups is 1. The van der Waals surface area contributed by atoms with E-state index in [-0.39, 0.29) is 19.1 Å². The molecule has 0 saturated heterocycles. The summed E-state index contributed by atoms with van der Waals surface area (Å²) in [5, 5.41) is 17.9. The van der Waals surface area contributed by atoms with Crippen LogP contribution in [0.15, 0.2) is 0 Å². The molecule has 0 saturated carbocycles. The molecule has 0 radical (unpaired) electrons. The Morgan fingerprint density at radius 1 is 1.53 bits per heavy atom. The Kier molecular flexibility index (Phi) is 8.32. The summed E-state index contributed by atoms with van der Waals surface area (Å²) < 4.78 is 4.80. The molecule has 1 N–H and O–H groups in total. The van der Waals surface area contributed by atoms with Crippen molar-refractivity contribution in [1.29, 1.82) is 5.26 Å². The zero-order chi connectivity index (χ0) is 13.3. The molecule has 6 nitrogen and oxygen atoms in total. The number of carbonyl (C=O) groups excluding carboxylic acids is 1. The van der Waals surface area contributed by atoms with E-state index in [4.69, 9.17) is 10.00 Å². The molecule has 0 aromatic heterocycles. The van der Waals surface area contributed by atoms with Crippen LogP contribution in [0.1, 0.15) is 6.42 Å². The van der Waals surface area contributed by atoms with E-state index in [0.29, 0.717) is 19.5 Å². The van der Waals surface area contributed by atoms with E-state index in [1.807, 2.05) is 6.07 Å². The molecule has 0 bridgehead atoms. The maximum atomic E-state index is 11.7. The minimum atomic E-state index is -0.595. The van der Waals surface area contributed by atoms with E-state index in [9.17, 15) is 9.90 Å². The highest BCUT2D eigenvalue weighted by Crippen LogP contribution is 1.94. The number of nitriles is 1. The summed E-state index contributed by atoms with van der Waals surface area (Å²) in [4.78, 5) is 14.9. The lowest BCUT2D eigenvalue weighted by molar-refractivity contribution is -0.131. The molecule has 0 aliphatic heterocycles. The number of methoxy groups -OCH3 is 1. The van der Waals surface area contributed by atoms with Gasteiger partial charge in [-0.05, 0) is 7.05 Å². The van der Waals surface area contributed by atoms with Gasteiger partial charge in [-0.15, -0.1) is 0 Å². The lowest BCUT2D eigenvalue weighted by Crippen LogP contribution is -2.40. The zero-order valence-corrected chi connectivity index (χ0v) is 10.7. The molecule has 1 amide bonds. The Morgan fingerprint density at radius 3 is 2.71 bits per heavy atom. The van der Waals surface area contributed by atoms with Crippen LogP contribution in [-0.2, 0) is 9.53 Å². The highest BCUT2D eigenvalue weighted by atomic mass is 16.5. The molecule has 0 aliphatic rings. The van der Waals surface area contributed by atoms with Gasteiger partial charge in [0.1, 0.15) is 0 Å². The molecule has 17 heavy (non-hydrogen) atoms. The Bertz CT molecular complexity index is 265. The number of likely N-dealkylation sites (N-methyl/N-ethyl adjacent to an activating group) is 2. The number of aliphatic hydroxyl groups excluding tert-OH is 1. The first-order valence-electron chi connectivity index (χ1n) is 5.47. The number of amides is 1. The summed E-state index contributed by atoms with van der Waals surface area (Å²) in [5.41, 5.74) is 0. The molecule has 0 rings (SSSR count). The van der Waals surface area contributed by atoms with Gasteiger partial charge in [-0.25, -0.2) is 0 Å². The van der Waals surface area contributed by atoms with Gasteiger partial charge in [0.25, 0.3) is 0 Å². The van der Waals surface area contributed by atoms with Crippen molar-refractivity contribution >= 4 is 5.91 Å². The summed E-state index contributed by atoms with van der Waals surface area (Å²) in [5.74, 6) is -0.0626. The van der Waals surface area contributed by atoms with Crippen molar-refractivity contribution in [2.24, 2.45) is 0 Å². The maximum absolute atomic E-state index is 11.7. The molecular weight excluding hydrogens is 222 g/mol. The summed E-state index contributed by atoms with van der Waals surface area (Å²) in [7, 11) is 4.94. The monoisotopic (exact) mass is 243 g/mol. The SMILES string of the molecule is COCC(O)CN(C)CC(=O)N(C)CCC#N. The van der Waals surface area contributed by atoms with Crippen LogP contribution in [0.3, 0.4) is 0 Å². The van der Waals surface area contributed by atoms with Crippen molar-refractivity contribution in [3.8, 4) is 6.07 Å². The maximum Gasteiger partial charge on any atom is 0.236 e. The number of aliphatic hydroxyl groups is 1. The molecule has 0 spiro atoms. The Balaban J connectivity index is 3.90. The second-order valence-corrected chi connectivity index (χ2v) is 4.03.